The Labute approximate surface area is 189 Å². The number of aromatic nitrogens is 2. The van der Waals surface area contributed by atoms with Gasteiger partial charge in [0.2, 0.25) is 11.8 Å². The summed E-state index contributed by atoms with van der Waals surface area (Å²) in [6.45, 7) is 1.83. The largest absolute Gasteiger partial charge is 0.473 e. The number of hydrogen-bond donors (Lipinski definition) is 2. The van der Waals surface area contributed by atoms with E-state index in [0.717, 1.165) is 16.8 Å². The quantitative estimate of drug-likeness (QED) is 0.419. The number of nitrogens with one attached hydrogen (secondary N) is 2. The topological polar surface area (TPSA) is 93.2 Å². The summed E-state index contributed by atoms with van der Waals surface area (Å²) < 4.78 is 5.70. The highest BCUT2D eigenvalue weighted by atomic mass is 32.1. The molecule has 32 heavy (non-hydrogen) atoms. The van der Waals surface area contributed by atoms with Gasteiger partial charge in [-0.15, -0.1) is 11.3 Å². The van der Waals surface area contributed by atoms with Crippen LogP contribution in [-0.4, -0.2) is 21.8 Å². The van der Waals surface area contributed by atoms with Gasteiger partial charge in [0, 0.05) is 41.4 Å². The monoisotopic (exact) mass is 444 g/mol. The number of carbonyl (C=O) groups excluding carboxylic acids is 2. The fraction of sp³-hybridized carbons (Fsp3) is 0.0833. The van der Waals surface area contributed by atoms with Gasteiger partial charge < -0.3 is 10.1 Å². The molecule has 160 valence electrons. The van der Waals surface area contributed by atoms with Crippen molar-refractivity contribution in [2.75, 3.05) is 10.6 Å². The number of amides is 2. The number of anilines is 2. The van der Waals surface area contributed by atoms with Crippen molar-refractivity contribution in [3.8, 4) is 17.1 Å². The Morgan fingerprint density at radius 1 is 1.00 bits per heavy atom. The molecule has 0 atom stereocenters. The molecular formula is C24H20N4O3S. The molecule has 0 aliphatic rings. The lowest BCUT2D eigenvalue weighted by Gasteiger charge is -2.07. The van der Waals surface area contributed by atoms with Gasteiger partial charge >= 0.3 is 0 Å². The average molecular weight is 445 g/mol. The molecule has 2 N–H and O–H groups in total. The summed E-state index contributed by atoms with van der Waals surface area (Å²) in [5, 5.41) is 7.89. The lowest BCUT2D eigenvalue weighted by atomic mass is 10.1. The average Bonchev–Trinajstić information content (AvgIpc) is 3.27. The zero-order valence-corrected chi connectivity index (χ0v) is 18.1. The zero-order chi connectivity index (χ0) is 22.3. The van der Waals surface area contributed by atoms with E-state index in [1.165, 1.54) is 18.3 Å². The van der Waals surface area contributed by atoms with E-state index in [-0.39, 0.29) is 11.8 Å². The Bertz CT molecular complexity index is 1220. The molecule has 0 fully saturated rings. The third kappa shape index (κ3) is 5.55. The summed E-state index contributed by atoms with van der Waals surface area (Å²) in [6, 6.07) is 20.3. The Hall–Kier alpha value is -4.04. The summed E-state index contributed by atoms with van der Waals surface area (Å²) >= 11 is 1.33. The molecule has 0 saturated carbocycles. The Morgan fingerprint density at radius 3 is 2.53 bits per heavy atom. The first kappa shape index (κ1) is 21.2. The molecule has 2 aromatic carbocycles. The number of benzene rings is 2. The highest BCUT2D eigenvalue weighted by Crippen LogP contribution is 2.26. The number of ether oxygens (including phenoxy) is 1. The molecule has 4 rings (SSSR count). The molecule has 0 radical (unpaired) electrons. The van der Waals surface area contributed by atoms with Gasteiger partial charge in [0.25, 0.3) is 5.91 Å². The van der Waals surface area contributed by atoms with Crippen molar-refractivity contribution < 1.29 is 14.3 Å². The predicted molar refractivity (Wildman–Crippen MR) is 125 cm³/mol. The van der Waals surface area contributed by atoms with Crippen molar-refractivity contribution >= 4 is 34.0 Å². The number of pyridine rings is 1. The van der Waals surface area contributed by atoms with Crippen LogP contribution in [0.5, 0.6) is 5.88 Å². The highest BCUT2D eigenvalue weighted by Gasteiger charge is 2.12. The molecule has 0 aliphatic heterocycles. The van der Waals surface area contributed by atoms with Gasteiger partial charge in [-0.25, -0.2) is 9.97 Å². The van der Waals surface area contributed by atoms with E-state index < -0.39 is 0 Å². The fourth-order valence-electron chi connectivity index (χ4n) is 2.92. The number of thiazole rings is 1. The fourth-order valence-corrected chi connectivity index (χ4v) is 3.64. The maximum absolute atomic E-state index is 12.7. The van der Waals surface area contributed by atoms with Crippen molar-refractivity contribution in [3.63, 3.8) is 0 Å². The van der Waals surface area contributed by atoms with Crippen LogP contribution in [0, 0.1) is 0 Å². The molecule has 0 spiro atoms. The lowest BCUT2D eigenvalue weighted by molar-refractivity contribution is -0.114. The SMILES string of the molecule is CC(=O)Nc1ccc(-c2csc(NC(=O)c3ccnc(OCc4ccccc4)c3)n2)cc1. The van der Waals surface area contributed by atoms with Gasteiger partial charge in [-0.2, -0.15) is 0 Å². The van der Waals surface area contributed by atoms with Crippen molar-refractivity contribution in [2.24, 2.45) is 0 Å². The second kappa shape index (κ2) is 9.84. The van der Waals surface area contributed by atoms with Crippen molar-refractivity contribution in [2.45, 2.75) is 13.5 Å². The van der Waals surface area contributed by atoms with Gasteiger partial charge in [-0.05, 0) is 23.8 Å². The molecule has 0 bridgehead atoms. The first-order valence-corrected chi connectivity index (χ1v) is 10.7. The molecular weight excluding hydrogens is 424 g/mol. The number of hydrogen-bond acceptors (Lipinski definition) is 6. The van der Waals surface area contributed by atoms with Crippen molar-refractivity contribution in [3.05, 3.63) is 89.4 Å². The number of rotatable bonds is 7. The Kier molecular flexibility index (Phi) is 6.52. The van der Waals surface area contributed by atoms with E-state index in [2.05, 4.69) is 20.6 Å². The lowest BCUT2D eigenvalue weighted by Crippen LogP contribution is -2.12. The Balaban J connectivity index is 1.39. The predicted octanol–water partition coefficient (Wildman–Crippen LogP) is 4.99. The van der Waals surface area contributed by atoms with Gasteiger partial charge in [0.15, 0.2) is 5.13 Å². The zero-order valence-electron chi connectivity index (χ0n) is 17.2. The molecule has 2 heterocycles. The van der Waals surface area contributed by atoms with Crippen LogP contribution in [0.3, 0.4) is 0 Å². The summed E-state index contributed by atoms with van der Waals surface area (Å²) in [5.74, 6) is -0.0411. The molecule has 0 aliphatic carbocycles. The third-order valence-corrected chi connectivity index (χ3v) is 5.21. The van der Waals surface area contributed by atoms with E-state index >= 15 is 0 Å². The Morgan fingerprint density at radius 2 is 1.78 bits per heavy atom. The summed E-state index contributed by atoms with van der Waals surface area (Å²) in [4.78, 5) is 32.5. The molecule has 0 saturated heterocycles. The van der Waals surface area contributed by atoms with Gasteiger partial charge in [0.05, 0.1) is 5.69 Å². The first-order valence-electron chi connectivity index (χ1n) is 9.84. The normalized spacial score (nSPS) is 10.4. The van der Waals surface area contributed by atoms with E-state index in [1.807, 2.05) is 60.0 Å². The van der Waals surface area contributed by atoms with Crippen LogP contribution >= 0.6 is 11.3 Å². The second-order valence-corrected chi connectivity index (χ2v) is 7.77. The summed E-state index contributed by atoms with van der Waals surface area (Å²) in [7, 11) is 0. The maximum Gasteiger partial charge on any atom is 0.257 e. The summed E-state index contributed by atoms with van der Waals surface area (Å²) in [5.41, 5.74) is 3.79. The van der Waals surface area contributed by atoms with Crippen LogP contribution in [0.1, 0.15) is 22.8 Å². The van der Waals surface area contributed by atoms with Crippen LogP contribution in [0.2, 0.25) is 0 Å². The second-order valence-electron chi connectivity index (χ2n) is 6.91. The minimum Gasteiger partial charge on any atom is -0.473 e. The van der Waals surface area contributed by atoms with Gasteiger partial charge in [-0.1, -0.05) is 42.5 Å². The van der Waals surface area contributed by atoms with Crippen LogP contribution in [0.4, 0.5) is 10.8 Å². The molecule has 2 amide bonds. The van der Waals surface area contributed by atoms with E-state index in [9.17, 15) is 9.59 Å². The smallest absolute Gasteiger partial charge is 0.257 e. The van der Waals surface area contributed by atoms with Crippen molar-refractivity contribution in [1.29, 1.82) is 0 Å². The van der Waals surface area contributed by atoms with E-state index in [4.69, 9.17) is 4.74 Å². The van der Waals surface area contributed by atoms with Gasteiger partial charge in [-0.3, -0.25) is 14.9 Å². The van der Waals surface area contributed by atoms with Gasteiger partial charge in [0.1, 0.15) is 6.61 Å². The number of nitrogens with zero attached hydrogens (tertiary/aromatic N) is 2. The van der Waals surface area contributed by atoms with E-state index in [1.54, 1.807) is 18.3 Å². The number of carbonyl (C=O) groups is 2. The minimum absolute atomic E-state index is 0.124. The highest BCUT2D eigenvalue weighted by molar-refractivity contribution is 7.14. The maximum atomic E-state index is 12.7. The first-order chi connectivity index (χ1) is 15.6. The summed E-state index contributed by atoms with van der Waals surface area (Å²) in [6.07, 6.45) is 1.54. The van der Waals surface area contributed by atoms with Crippen LogP contribution in [0.25, 0.3) is 11.3 Å². The standard InChI is InChI=1S/C24H20N4O3S/c1-16(29)26-20-9-7-18(8-10-20)21-15-32-24(27-21)28-23(30)19-11-12-25-22(13-19)31-14-17-5-3-2-4-6-17/h2-13,15H,14H2,1H3,(H,26,29)(H,27,28,30). The molecule has 7 nitrogen and oxygen atoms in total. The molecule has 8 heteroatoms. The molecule has 4 aromatic rings. The van der Waals surface area contributed by atoms with Crippen LogP contribution in [0.15, 0.2) is 78.3 Å². The van der Waals surface area contributed by atoms with Crippen LogP contribution in [-0.2, 0) is 11.4 Å². The molecule has 2 aromatic heterocycles. The van der Waals surface area contributed by atoms with Crippen LogP contribution < -0.4 is 15.4 Å². The minimum atomic E-state index is -0.293. The van der Waals surface area contributed by atoms with Crippen molar-refractivity contribution in [1.82, 2.24) is 9.97 Å². The molecule has 0 unspecified atom stereocenters. The third-order valence-electron chi connectivity index (χ3n) is 4.45. The van der Waals surface area contributed by atoms with E-state index in [0.29, 0.717) is 28.9 Å².